The molecular formula is C23H17Cl2N3O4. The molecule has 0 atom stereocenters. The number of nitrogens with zero attached hydrogens (tertiary/aromatic N) is 1. The molecule has 162 valence electrons. The minimum absolute atomic E-state index is 0.326. The third-order valence-corrected chi connectivity index (χ3v) is 4.90. The van der Waals surface area contributed by atoms with Crippen LogP contribution < -0.4 is 15.5 Å². The predicted octanol–water partition coefficient (Wildman–Crippen LogP) is 4.61. The van der Waals surface area contributed by atoms with Crippen LogP contribution in [-0.4, -0.2) is 24.0 Å². The van der Waals surface area contributed by atoms with Gasteiger partial charge in [-0.15, -0.1) is 0 Å². The molecule has 0 spiro atoms. The highest BCUT2D eigenvalue weighted by molar-refractivity contribution is 6.40. The molecule has 9 heteroatoms. The zero-order valence-corrected chi connectivity index (χ0v) is 18.3. The smallest absolute Gasteiger partial charge is 0.343 e. The summed E-state index contributed by atoms with van der Waals surface area (Å²) in [7, 11) is 0. The molecule has 0 bridgehead atoms. The standard InChI is InChI=1S/C23H17Cl2N3O4/c1-14-19(25)6-3-7-20(14)27-21(29)22(30)28-26-13-15-8-10-18(11-9-15)32-23(31)16-4-2-5-17(24)12-16/h2-13H,1H3,(H,27,29)(H,28,30)/b26-13+. The topological polar surface area (TPSA) is 96.9 Å². The largest absolute Gasteiger partial charge is 0.423 e. The zero-order valence-electron chi connectivity index (χ0n) is 16.8. The van der Waals surface area contributed by atoms with Crippen molar-refractivity contribution in [1.82, 2.24) is 5.43 Å². The first kappa shape index (κ1) is 23.0. The molecule has 3 aromatic rings. The van der Waals surface area contributed by atoms with Crippen LogP contribution in [-0.2, 0) is 9.59 Å². The number of ether oxygens (including phenoxy) is 1. The van der Waals surface area contributed by atoms with Crippen LogP contribution in [0.15, 0.2) is 71.8 Å². The molecule has 0 aliphatic rings. The van der Waals surface area contributed by atoms with E-state index >= 15 is 0 Å². The van der Waals surface area contributed by atoms with E-state index in [2.05, 4.69) is 15.8 Å². The fraction of sp³-hybridized carbons (Fsp3) is 0.0435. The van der Waals surface area contributed by atoms with Gasteiger partial charge in [0, 0.05) is 15.7 Å². The summed E-state index contributed by atoms with van der Waals surface area (Å²) in [6, 6.07) is 17.8. The van der Waals surface area contributed by atoms with E-state index in [1.54, 1.807) is 67.6 Å². The van der Waals surface area contributed by atoms with E-state index in [1.165, 1.54) is 12.3 Å². The summed E-state index contributed by atoms with van der Waals surface area (Å²) in [5, 5.41) is 7.14. The third-order valence-electron chi connectivity index (χ3n) is 4.25. The number of hydrogen-bond acceptors (Lipinski definition) is 5. The molecule has 32 heavy (non-hydrogen) atoms. The average Bonchev–Trinajstić information content (AvgIpc) is 2.78. The van der Waals surface area contributed by atoms with Gasteiger partial charge in [0.1, 0.15) is 5.75 Å². The summed E-state index contributed by atoms with van der Waals surface area (Å²) in [5.41, 5.74) is 4.17. The van der Waals surface area contributed by atoms with Gasteiger partial charge >= 0.3 is 17.8 Å². The number of carbonyl (C=O) groups is 3. The second kappa shape index (κ2) is 10.6. The van der Waals surface area contributed by atoms with E-state index in [-0.39, 0.29) is 0 Å². The summed E-state index contributed by atoms with van der Waals surface area (Å²) in [4.78, 5) is 36.1. The Kier molecular flexibility index (Phi) is 7.59. The molecule has 0 radical (unpaired) electrons. The average molecular weight is 470 g/mol. The molecule has 7 nitrogen and oxygen atoms in total. The molecule has 2 N–H and O–H groups in total. The highest BCUT2D eigenvalue weighted by Gasteiger charge is 2.14. The van der Waals surface area contributed by atoms with Crippen LogP contribution in [0.4, 0.5) is 5.69 Å². The van der Waals surface area contributed by atoms with E-state index < -0.39 is 17.8 Å². The molecular weight excluding hydrogens is 453 g/mol. The lowest BCUT2D eigenvalue weighted by atomic mass is 10.2. The van der Waals surface area contributed by atoms with Gasteiger partial charge in [0.25, 0.3) is 0 Å². The maximum Gasteiger partial charge on any atom is 0.343 e. The Balaban J connectivity index is 1.53. The van der Waals surface area contributed by atoms with Crippen LogP contribution in [0.1, 0.15) is 21.5 Å². The molecule has 0 aliphatic carbocycles. The van der Waals surface area contributed by atoms with Gasteiger partial charge in [-0.05, 0) is 72.6 Å². The quantitative estimate of drug-likeness (QED) is 0.187. The molecule has 0 heterocycles. The number of nitrogens with one attached hydrogen (secondary N) is 2. The van der Waals surface area contributed by atoms with Crippen molar-refractivity contribution < 1.29 is 19.1 Å². The molecule has 0 saturated heterocycles. The first-order valence-electron chi connectivity index (χ1n) is 9.31. The van der Waals surface area contributed by atoms with Crippen molar-refractivity contribution in [3.05, 3.63) is 93.5 Å². The fourth-order valence-corrected chi connectivity index (χ4v) is 2.91. The molecule has 0 aliphatic heterocycles. The Labute approximate surface area is 194 Å². The number of rotatable bonds is 5. The van der Waals surface area contributed by atoms with Crippen LogP contribution in [0.3, 0.4) is 0 Å². The van der Waals surface area contributed by atoms with Gasteiger partial charge < -0.3 is 10.1 Å². The van der Waals surface area contributed by atoms with Crippen molar-refractivity contribution in [2.45, 2.75) is 6.92 Å². The number of esters is 1. The molecule has 3 aromatic carbocycles. The van der Waals surface area contributed by atoms with Crippen LogP contribution in [0, 0.1) is 6.92 Å². The van der Waals surface area contributed by atoms with Crippen molar-refractivity contribution in [2.75, 3.05) is 5.32 Å². The van der Waals surface area contributed by atoms with Crippen molar-refractivity contribution in [1.29, 1.82) is 0 Å². The number of benzene rings is 3. The van der Waals surface area contributed by atoms with Gasteiger partial charge in [-0.25, -0.2) is 10.2 Å². The van der Waals surface area contributed by atoms with Gasteiger partial charge in [-0.2, -0.15) is 5.10 Å². The lowest BCUT2D eigenvalue weighted by molar-refractivity contribution is -0.136. The fourth-order valence-electron chi connectivity index (χ4n) is 2.54. The van der Waals surface area contributed by atoms with Gasteiger partial charge in [0.2, 0.25) is 0 Å². The summed E-state index contributed by atoms with van der Waals surface area (Å²) in [6.45, 7) is 1.73. The van der Waals surface area contributed by atoms with E-state index in [9.17, 15) is 14.4 Å². The lowest BCUT2D eigenvalue weighted by Gasteiger charge is -2.08. The maximum atomic E-state index is 12.1. The first-order chi connectivity index (χ1) is 15.3. The molecule has 2 amide bonds. The Hall–Kier alpha value is -3.68. The molecule has 0 unspecified atom stereocenters. The molecule has 0 aromatic heterocycles. The highest BCUT2D eigenvalue weighted by Crippen LogP contribution is 2.22. The lowest BCUT2D eigenvalue weighted by Crippen LogP contribution is -2.32. The van der Waals surface area contributed by atoms with Crippen LogP contribution in [0.5, 0.6) is 5.75 Å². The number of hydrazone groups is 1. The first-order valence-corrected chi connectivity index (χ1v) is 10.1. The molecule has 0 saturated carbocycles. The SMILES string of the molecule is Cc1c(Cl)cccc1NC(=O)C(=O)N/N=C/c1ccc(OC(=O)c2cccc(Cl)c2)cc1. The van der Waals surface area contributed by atoms with Gasteiger partial charge in [0.05, 0.1) is 11.8 Å². The Morgan fingerprint density at radius 3 is 2.38 bits per heavy atom. The maximum absolute atomic E-state index is 12.1. The van der Waals surface area contributed by atoms with Crippen LogP contribution in [0.2, 0.25) is 10.0 Å². The highest BCUT2D eigenvalue weighted by atomic mass is 35.5. The molecule has 0 fully saturated rings. The number of halogens is 2. The van der Waals surface area contributed by atoms with E-state index in [0.717, 1.165) is 0 Å². The van der Waals surface area contributed by atoms with Gasteiger partial charge in [0.15, 0.2) is 0 Å². The summed E-state index contributed by atoms with van der Waals surface area (Å²) < 4.78 is 5.29. The predicted molar refractivity (Wildman–Crippen MR) is 123 cm³/mol. The Morgan fingerprint density at radius 1 is 0.938 bits per heavy atom. The van der Waals surface area contributed by atoms with Gasteiger partial charge in [-0.3, -0.25) is 9.59 Å². The minimum Gasteiger partial charge on any atom is -0.423 e. The molecule has 3 rings (SSSR count). The third kappa shape index (κ3) is 6.16. The van der Waals surface area contributed by atoms with Crippen molar-refractivity contribution in [3.8, 4) is 5.75 Å². The zero-order chi connectivity index (χ0) is 23.1. The van der Waals surface area contributed by atoms with E-state index in [1.807, 2.05) is 0 Å². The van der Waals surface area contributed by atoms with E-state index in [4.69, 9.17) is 27.9 Å². The number of anilines is 1. The summed E-state index contributed by atoms with van der Waals surface area (Å²) >= 11 is 11.9. The summed E-state index contributed by atoms with van der Waals surface area (Å²) in [5.74, 6) is -2.03. The monoisotopic (exact) mass is 469 g/mol. The van der Waals surface area contributed by atoms with Crippen LogP contribution >= 0.6 is 23.2 Å². The van der Waals surface area contributed by atoms with Crippen LogP contribution in [0.25, 0.3) is 0 Å². The van der Waals surface area contributed by atoms with E-state index in [0.29, 0.717) is 38.2 Å². The second-order valence-electron chi connectivity index (χ2n) is 6.53. The number of carbonyl (C=O) groups excluding carboxylic acids is 3. The Bertz CT molecular complexity index is 1190. The van der Waals surface area contributed by atoms with Gasteiger partial charge in [-0.1, -0.05) is 35.3 Å². The minimum atomic E-state index is -0.937. The summed E-state index contributed by atoms with van der Waals surface area (Å²) in [6.07, 6.45) is 1.35. The van der Waals surface area contributed by atoms with Crippen molar-refractivity contribution >= 4 is 52.9 Å². The number of amides is 2. The normalized spacial score (nSPS) is 10.6. The van der Waals surface area contributed by atoms with Crippen molar-refractivity contribution in [3.63, 3.8) is 0 Å². The number of hydrogen-bond donors (Lipinski definition) is 2. The van der Waals surface area contributed by atoms with Crippen molar-refractivity contribution in [2.24, 2.45) is 5.10 Å². The Morgan fingerprint density at radius 2 is 1.66 bits per heavy atom. The second-order valence-corrected chi connectivity index (χ2v) is 7.38.